The quantitative estimate of drug-likeness (QED) is 0.627. The van der Waals surface area contributed by atoms with Crippen LogP contribution in [0.1, 0.15) is 46.4 Å². The molecule has 134 valence electrons. The molecule has 1 atom stereocenters. The molecule has 0 aliphatic carbocycles. The Morgan fingerprint density at radius 3 is 2.54 bits per heavy atom. The number of thiazole rings is 1. The number of aryl methyl sites for hydroxylation is 2. The second-order valence-electron chi connectivity index (χ2n) is 6.18. The number of aromatic nitrogens is 1. The highest BCUT2D eigenvalue weighted by molar-refractivity contribution is 7.17. The van der Waals surface area contributed by atoms with Gasteiger partial charge in [0.1, 0.15) is 4.88 Å². The Morgan fingerprint density at radius 2 is 1.81 bits per heavy atom. The summed E-state index contributed by atoms with van der Waals surface area (Å²) in [6, 6.07) is 18.0. The van der Waals surface area contributed by atoms with Crippen LogP contribution >= 0.6 is 11.3 Å². The fourth-order valence-corrected chi connectivity index (χ4v) is 3.70. The summed E-state index contributed by atoms with van der Waals surface area (Å²) < 4.78 is 0. The number of anilines is 2. The van der Waals surface area contributed by atoms with Gasteiger partial charge in [-0.05, 0) is 37.5 Å². The number of nitrogens with one attached hydrogen (secondary N) is 2. The lowest BCUT2D eigenvalue weighted by atomic mass is 10.1. The minimum Gasteiger partial charge on any atom is -0.345 e. The normalized spacial score (nSPS) is 11.8. The lowest BCUT2D eigenvalue weighted by molar-refractivity contribution is 0.0943. The van der Waals surface area contributed by atoms with E-state index in [1.54, 1.807) is 0 Å². The van der Waals surface area contributed by atoms with E-state index in [9.17, 15) is 4.79 Å². The molecule has 5 heteroatoms. The molecule has 26 heavy (non-hydrogen) atoms. The predicted octanol–water partition coefficient (Wildman–Crippen LogP) is 5.25. The van der Waals surface area contributed by atoms with Gasteiger partial charge in [-0.25, -0.2) is 4.98 Å². The van der Waals surface area contributed by atoms with Crippen LogP contribution in [-0.4, -0.2) is 10.9 Å². The molecule has 2 N–H and O–H groups in total. The van der Waals surface area contributed by atoms with E-state index < -0.39 is 0 Å². The number of amides is 1. The van der Waals surface area contributed by atoms with Gasteiger partial charge in [-0.15, -0.1) is 0 Å². The Hall–Kier alpha value is -2.66. The van der Waals surface area contributed by atoms with Crippen molar-refractivity contribution < 1.29 is 4.79 Å². The average Bonchev–Trinajstić information content (AvgIpc) is 3.03. The van der Waals surface area contributed by atoms with E-state index >= 15 is 0 Å². The zero-order valence-corrected chi connectivity index (χ0v) is 16.1. The summed E-state index contributed by atoms with van der Waals surface area (Å²) >= 11 is 1.38. The molecule has 0 saturated carbocycles. The first-order valence-electron chi connectivity index (χ1n) is 8.76. The largest absolute Gasteiger partial charge is 0.345 e. The molecule has 0 bridgehead atoms. The first-order valence-corrected chi connectivity index (χ1v) is 9.58. The molecule has 2 aromatic carbocycles. The van der Waals surface area contributed by atoms with E-state index in [1.165, 1.54) is 16.9 Å². The van der Waals surface area contributed by atoms with Crippen molar-refractivity contribution in [3.8, 4) is 0 Å². The zero-order chi connectivity index (χ0) is 18.5. The highest BCUT2D eigenvalue weighted by Gasteiger charge is 2.18. The summed E-state index contributed by atoms with van der Waals surface area (Å²) in [7, 11) is 0. The Morgan fingerprint density at radius 1 is 1.12 bits per heavy atom. The monoisotopic (exact) mass is 365 g/mol. The highest BCUT2D eigenvalue weighted by atomic mass is 32.1. The molecule has 3 rings (SSSR count). The van der Waals surface area contributed by atoms with Crippen LogP contribution in [0.5, 0.6) is 0 Å². The second kappa shape index (κ2) is 8.15. The predicted molar refractivity (Wildman–Crippen MR) is 108 cm³/mol. The van der Waals surface area contributed by atoms with Gasteiger partial charge in [0, 0.05) is 5.69 Å². The van der Waals surface area contributed by atoms with E-state index in [0.717, 1.165) is 28.5 Å². The molecule has 4 nitrogen and oxygen atoms in total. The summed E-state index contributed by atoms with van der Waals surface area (Å²) in [5.41, 5.74) is 4.08. The topological polar surface area (TPSA) is 54.0 Å². The van der Waals surface area contributed by atoms with Crippen molar-refractivity contribution in [2.45, 2.75) is 33.2 Å². The first-order chi connectivity index (χ1) is 12.6. The van der Waals surface area contributed by atoms with Gasteiger partial charge in [0.2, 0.25) is 0 Å². The lowest BCUT2D eigenvalue weighted by Gasteiger charge is -2.13. The fourth-order valence-electron chi connectivity index (χ4n) is 2.81. The Bertz CT molecular complexity index is 889. The third-order valence-corrected chi connectivity index (χ3v) is 5.36. The number of rotatable bonds is 6. The van der Waals surface area contributed by atoms with E-state index in [2.05, 4.69) is 28.6 Å². The van der Waals surface area contributed by atoms with Gasteiger partial charge in [-0.2, -0.15) is 0 Å². The van der Waals surface area contributed by atoms with Crippen LogP contribution in [0.3, 0.4) is 0 Å². The molecule has 0 fully saturated rings. The van der Waals surface area contributed by atoms with E-state index in [4.69, 9.17) is 0 Å². The van der Waals surface area contributed by atoms with E-state index in [1.807, 2.05) is 62.4 Å². The van der Waals surface area contributed by atoms with Crippen LogP contribution in [0.25, 0.3) is 0 Å². The van der Waals surface area contributed by atoms with Gasteiger partial charge in [0.25, 0.3) is 5.91 Å². The summed E-state index contributed by atoms with van der Waals surface area (Å²) in [6.45, 7) is 5.98. The first kappa shape index (κ1) is 18.1. The number of carbonyl (C=O) groups excluding carboxylic acids is 1. The standard InChI is InChI=1S/C21H23N3OS/c1-4-16-10-8-9-13-18(16)24-21-23-15(3)19(26-21)20(25)22-14(2)17-11-6-5-7-12-17/h5-14H,4H2,1-3H3,(H,22,25)(H,23,24)/t14-/m0/s1. The van der Waals surface area contributed by atoms with Crippen LogP contribution in [0.2, 0.25) is 0 Å². The van der Waals surface area contributed by atoms with E-state index in [-0.39, 0.29) is 11.9 Å². The molecule has 3 aromatic rings. The molecule has 0 saturated heterocycles. The molecular weight excluding hydrogens is 342 g/mol. The van der Waals surface area contributed by atoms with Gasteiger partial charge in [0.15, 0.2) is 5.13 Å². The molecule has 0 radical (unpaired) electrons. The minimum atomic E-state index is -0.0896. The molecule has 0 aliphatic heterocycles. The number of para-hydroxylation sites is 1. The number of nitrogens with zero attached hydrogens (tertiary/aromatic N) is 1. The molecule has 1 amide bonds. The summed E-state index contributed by atoms with van der Waals surface area (Å²) in [5, 5.41) is 7.15. The number of hydrogen-bond acceptors (Lipinski definition) is 4. The SMILES string of the molecule is CCc1ccccc1Nc1nc(C)c(C(=O)N[C@@H](C)c2ccccc2)s1. The highest BCUT2D eigenvalue weighted by Crippen LogP contribution is 2.28. The Balaban J connectivity index is 1.74. The fraction of sp³-hybridized carbons (Fsp3) is 0.238. The van der Waals surface area contributed by atoms with Crippen LogP contribution < -0.4 is 10.6 Å². The maximum atomic E-state index is 12.7. The third-order valence-electron chi connectivity index (χ3n) is 4.29. The van der Waals surface area contributed by atoms with Gasteiger partial charge in [0.05, 0.1) is 11.7 Å². The Kier molecular flexibility index (Phi) is 5.68. The van der Waals surface area contributed by atoms with Crippen molar-refractivity contribution >= 4 is 28.1 Å². The van der Waals surface area contributed by atoms with Crippen molar-refractivity contribution in [3.63, 3.8) is 0 Å². The van der Waals surface area contributed by atoms with Crippen LogP contribution in [0, 0.1) is 6.92 Å². The summed E-state index contributed by atoms with van der Waals surface area (Å²) in [6.07, 6.45) is 0.940. The van der Waals surface area contributed by atoms with Crippen molar-refractivity contribution in [1.82, 2.24) is 10.3 Å². The smallest absolute Gasteiger partial charge is 0.263 e. The molecular formula is C21H23N3OS. The molecule has 0 aliphatic rings. The number of benzene rings is 2. The van der Waals surface area contributed by atoms with Crippen molar-refractivity contribution in [1.29, 1.82) is 0 Å². The third kappa shape index (κ3) is 4.11. The molecule has 1 aromatic heterocycles. The van der Waals surface area contributed by atoms with Crippen molar-refractivity contribution in [2.24, 2.45) is 0 Å². The molecule has 0 spiro atoms. The van der Waals surface area contributed by atoms with Crippen molar-refractivity contribution in [2.75, 3.05) is 5.32 Å². The van der Waals surface area contributed by atoms with Gasteiger partial charge < -0.3 is 10.6 Å². The summed E-state index contributed by atoms with van der Waals surface area (Å²) in [5.74, 6) is -0.0896. The lowest BCUT2D eigenvalue weighted by Crippen LogP contribution is -2.26. The van der Waals surface area contributed by atoms with Crippen LogP contribution in [-0.2, 0) is 6.42 Å². The van der Waals surface area contributed by atoms with Gasteiger partial charge in [-0.1, -0.05) is 66.8 Å². The maximum absolute atomic E-state index is 12.7. The number of hydrogen-bond donors (Lipinski definition) is 2. The van der Waals surface area contributed by atoms with Crippen molar-refractivity contribution in [3.05, 3.63) is 76.3 Å². The van der Waals surface area contributed by atoms with Gasteiger partial charge in [-0.3, -0.25) is 4.79 Å². The molecule has 0 unspecified atom stereocenters. The van der Waals surface area contributed by atoms with Gasteiger partial charge >= 0.3 is 0 Å². The molecule has 1 heterocycles. The second-order valence-corrected chi connectivity index (χ2v) is 7.17. The van der Waals surface area contributed by atoms with E-state index in [0.29, 0.717) is 4.88 Å². The minimum absolute atomic E-state index is 0.0533. The average molecular weight is 366 g/mol. The van der Waals surface area contributed by atoms with Crippen LogP contribution in [0.4, 0.5) is 10.8 Å². The number of carbonyl (C=O) groups is 1. The Labute approximate surface area is 158 Å². The zero-order valence-electron chi connectivity index (χ0n) is 15.2. The van der Waals surface area contributed by atoms with Crippen LogP contribution in [0.15, 0.2) is 54.6 Å². The summed E-state index contributed by atoms with van der Waals surface area (Å²) in [4.78, 5) is 17.8. The maximum Gasteiger partial charge on any atom is 0.263 e.